The molecule has 5 nitrogen and oxygen atoms in total. The SMILES string of the molecule is CC(C)CC(C)CN(Cc1cnc[nH]1)S(=O)(=O)c1ccc(-c2ccc(Cl)cc2)cc1. The summed E-state index contributed by atoms with van der Waals surface area (Å²) in [5, 5.41) is 0.669. The minimum atomic E-state index is -3.65. The highest BCUT2D eigenvalue weighted by Crippen LogP contribution is 2.26. The van der Waals surface area contributed by atoms with Gasteiger partial charge in [-0.05, 0) is 53.6 Å². The van der Waals surface area contributed by atoms with E-state index in [2.05, 4.69) is 30.7 Å². The maximum atomic E-state index is 13.4. The summed E-state index contributed by atoms with van der Waals surface area (Å²) in [7, 11) is -3.65. The maximum absolute atomic E-state index is 13.4. The molecule has 0 aliphatic rings. The summed E-state index contributed by atoms with van der Waals surface area (Å²) in [4.78, 5) is 7.32. The van der Waals surface area contributed by atoms with Gasteiger partial charge in [0, 0.05) is 23.5 Å². The third kappa shape index (κ3) is 5.72. The summed E-state index contributed by atoms with van der Waals surface area (Å²) in [5.41, 5.74) is 2.70. The third-order valence-electron chi connectivity index (χ3n) is 4.96. The first kappa shape index (κ1) is 22.5. The Balaban J connectivity index is 1.86. The molecule has 1 heterocycles. The molecule has 1 aromatic heterocycles. The van der Waals surface area contributed by atoms with Gasteiger partial charge in [-0.15, -0.1) is 0 Å². The molecule has 0 amide bonds. The molecule has 1 N–H and O–H groups in total. The second-order valence-corrected chi connectivity index (χ2v) is 10.5. The zero-order valence-corrected chi connectivity index (χ0v) is 19.1. The normalized spacial score (nSPS) is 13.1. The molecule has 0 radical (unpaired) electrons. The van der Waals surface area contributed by atoms with Crippen LogP contribution in [0.15, 0.2) is 66.0 Å². The second-order valence-electron chi connectivity index (χ2n) is 8.14. The number of halogens is 1. The molecular weight excluding hydrogens is 418 g/mol. The van der Waals surface area contributed by atoms with Crippen LogP contribution in [-0.2, 0) is 16.6 Å². The number of hydrogen-bond acceptors (Lipinski definition) is 3. The van der Waals surface area contributed by atoms with Gasteiger partial charge in [-0.2, -0.15) is 4.31 Å². The molecule has 7 heteroatoms. The van der Waals surface area contributed by atoms with Gasteiger partial charge in [0.2, 0.25) is 10.0 Å². The van der Waals surface area contributed by atoms with Crippen molar-refractivity contribution in [1.82, 2.24) is 14.3 Å². The van der Waals surface area contributed by atoms with E-state index in [-0.39, 0.29) is 17.4 Å². The smallest absolute Gasteiger partial charge is 0.243 e. The first-order valence-electron chi connectivity index (χ1n) is 10.1. The minimum absolute atomic E-state index is 0.246. The topological polar surface area (TPSA) is 66.1 Å². The van der Waals surface area contributed by atoms with E-state index in [9.17, 15) is 8.42 Å². The standard InChI is InChI=1S/C23H28ClN3O2S/c1-17(2)12-18(3)14-27(15-22-13-25-16-26-22)30(28,29)23-10-6-20(7-11-23)19-4-8-21(24)9-5-19/h4-11,13,16-18H,12,14-15H2,1-3H3,(H,25,26). The fraction of sp³-hybridized carbons (Fsp3) is 0.348. The van der Waals surface area contributed by atoms with Crippen molar-refractivity contribution < 1.29 is 8.42 Å². The van der Waals surface area contributed by atoms with Crippen LogP contribution < -0.4 is 0 Å². The summed E-state index contributed by atoms with van der Waals surface area (Å²) >= 11 is 5.96. The number of rotatable bonds is 9. The van der Waals surface area contributed by atoms with Crippen LogP contribution >= 0.6 is 11.6 Å². The highest BCUT2D eigenvalue weighted by molar-refractivity contribution is 7.89. The van der Waals surface area contributed by atoms with Crippen LogP contribution in [0.1, 0.15) is 32.9 Å². The number of H-pyrrole nitrogens is 1. The quantitative estimate of drug-likeness (QED) is 0.466. The first-order valence-corrected chi connectivity index (χ1v) is 11.9. The van der Waals surface area contributed by atoms with Crippen molar-refractivity contribution in [1.29, 1.82) is 0 Å². The van der Waals surface area contributed by atoms with Crippen molar-refractivity contribution in [2.24, 2.45) is 11.8 Å². The molecule has 3 aromatic rings. The number of hydrogen-bond donors (Lipinski definition) is 1. The average Bonchev–Trinajstić information content (AvgIpc) is 3.21. The molecule has 30 heavy (non-hydrogen) atoms. The Bertz CT molecular complexity index is 1030. The molecule has 0 saturated carbocycles. The average molecular weight is 446 g/mol. The summed E-state index contributed by atoms with van der Waals surface area (Å²) in [6.45, 7) is 7.13. The van der Waals surface area contributed by atoms with E-state index in [1.54, 1.807) is 29.0 Å². The van der Waals surface area contributed by atoms with Crippen molar-refractivity contribution in [3.8, 4) is 11.1 Å². The molecule has 0 bridgehead atoms. The van der Waals surface area contributed by atoms with Crippen molar-refractivity contribution in [3.63, 3.8) is 0 Å². The van der Waals surface area contributed by atoms with E-state index in [1.165, 1.54) is 0 Å². The Morgan fingerprint density at radius 3 is 2.13 bits per heavy atom. The highest BCUT2D eigenvalue weighted by atomic mass is 35.5. The monoisotopic (exact) mass is 445 g/mol. The van der Waals surface area contributed by atoms with E-state index in [4.69, 9.17) is 11.6 Å². The fourth-order valence-electron chi connectivity index (χ4n) is 3.65. The Kier molecular flexibility index (Phi) is 7.34. The molecule has 0 aliphatic heterocycles. The van der Waals surface area contributed by atoms with Crippen LogP contribution in [0.2, 0.25) is 5.02 Å². The number of aromatic nitrogens is 2. The zero-order valence-electron chi connectivity index (χ0n) is 17.5. The molecule has 160 valence electrons. The third-order valence-corrected chi connectivity index (χ3v) is 7.04. The van der Waals surface area contributed by atoms with Gasteiger partial charge >= 0.3 is 0 Å². The largest absolute Gasteiger partial charge is 0.347 e. The summed E-state index contributed by atoms with van der Waals surface area (Å²) in [6, 6.07) is 14.5. The van der Waals surface area contributed by atoms with Crippen molar-refractivity contribution in [2.45, 2.75) is 38.6 Å². The second kappa shape index (κ2) is 9.77. The first-order chi connectivity index (χ1) is 14.3. The number of nitrogens with zero attached hydrogens (tertiary/aromatic N) is 2. The lowest BCUT2D eigenvalue weighted by molar-refractivity contribution is 0.315. The number of aromatic amines is 1. The number of sulfonamides is 1. The molecule has 0 aliphatic carbocycles. The zero-order chi connectivity index (χ0) is 21.7. The molecule has 1 atom stereocenters. The Morgan fingerprint density at radius 2 is 1.60 bits per heavy atom. The molecule has 2 aromatic carbocycles. The van der Waals surface area contributed by atoms with Gasteiger partial charge in [0.25, 0.3) is 0 Å². The van der Waals surface area contributed by atoms with Crippen molar-refractivity contribution in [3.05, 3.63) is 71.8 Å². The number of imidazole rings is 1. The molecule has 0 spiro atoms. The van der Waals surface area contributed by atoms with E-state index >= 15 is 0 Å². The van der Waals surface area contributed by atoms with E-state index in [0.29, 0.717) is 17.5 Å². The predicted molar refractivity (Wildman–Crippen MR) is 122 cm³/mol. The van der Waals surface area contributed by atoms with Gasteiger partial charge in [0.05, 0.1) is 17.8 Å². The van der Waals surface area contributed by atoms with E-state index < -0.39 is 10.0 Å². The summed E-state index contributed by atoms with van der Waals surface area (Å²) in [6.07, 6.45) is 4.20. The predicted octanol–water partition coefficient (Wildman–Crippen LogP) is 5.60. The van der Waals surface area contributed by atoms with Crippen molar-refractivity contribution >= 4 is 21.6 Å². The maximum Gasteiger partial charge on any atom is 0.243 e. The Labute approximate surface area is 184 Å². The Hall–Kier alpha value is -2.15. The van der Waals surface area contributed by atoms with Gasteiger partial charge in [-0.25, -0.2) is 13.4 Å². The van der Waals surface area contributed by atoms with Crippen molar-refractivity contribution in [2.75, 3.05) is 6.54 Å². The number of nitrogens with one attached hydrogen (secondary N) is 1. The molecule has 0 saturated heterocycles. The summed E-state index contributed by atoms with van der Waals surface area (Å²) in [5.74, 6) is 0.756. The summed E-state index contributed by atoms with van der Waals surface area (Å²) < 4.78 is 28.4. The molecule has 1 unspecified atom stereocenters. The highest BCUT2D eigenvalue weighted by Gasteiger charge is 2.27. The number of benzene rings is 2. The lowest BCUT2D eigenvalue weighted by Gasteiger charge is -2.26. The Morgan fingerprint density at radius 1 is 1.00 bits per heavy atom. The van der Waals surface area contributed by atoms with Crippen LogP contribution in [-0.4, -0.2) is 29.2 Å². The van der Waals surface area contributed by atoms with Gasteiger partial charge in [-0.1, -0.05) is 56.6 Å². The molecular formula is C23H28ClN3O2S. The molecule has 3 rings (SSSR count). The van der Waals surface area contributed by atoms with Gasteiger partial charge in [0.15, 0.2) is 0 Å². The van der Waals surface area contributed by atoms with Crippen LogP contribution in [0.3, 0.4) is 0 Å². The van der Waals surface area contributed by atoms with E-state index in [1.807, 2.05) is 36.4 Å². The van der Waals surface area contributed by atoms with Crippen LogP contribution in [0.4, 0.5) is 0 Å². The van der Waals surface area contributed by atoms with Crippen LogP contribution in [0.5, 0.6) is 0 Å². The van der Waals surface area contributed by atoms with Crippen LogP contribution in [0, 0.1) is 11.8 Å². The van der Waals surface area contributed by atoms with Crippen LogP contribution in [0.25, 0.3) is 11.1 Å². The molecule has 0 fully saturated rings. The van der Waals surface area contributed by atoms with Gasteiger partial charge in [-0.3, -0.25) is 0 Å². The fourth-order valence-corrected chi connectivity index (χ4v) is 5.31. The van der Waals surface area contributed by atoms with E-state index in [0.717, 1.165) is 23.2 Å². The lowest BCUT2D eigenvalue weighted by Crippen LogP contribution is -2.34. The lowest BCUT2D eigenvalue weighted by atomic mass is 9.99. The van der Waals surface area contributed by atoms with Gasteiger partial charge < -0.3 is 4.98 Å². The van der Waals surface area contributed by atoms with Gasteiger partial charge in [0.1, 0.15) is 0 Å². The minimum Gasteiger partial charge on any atom is -0.347 e.